The van der Waals surface area contributed by atoms with Crippen LogP contribution in [0.3, 0.4) is 0 Å². The normalized spacial score (nSPS) is 18.0. The van der Waals surface area contributed by atoms with Crippen LogP contribution in [0.5, 0.6) is 5.75 Å². The molecule has 1 aromatic heterocycles. The van der Waals surface area contributed by atoms with Crippen molar-refractivity contribution in [1.82, 2.24) is 14.5 Å². The van der Waals surface area contributed by atoms with Crippen LogP contribution < -0.4 is 10.5 Å². The molecule has 1 aliphatic rings. The minimum Gasteiger partial charge on any atom is -0.496 e. The zero-order chi connectivity index (χ0) is 14.8. The number of ether oxygens (including phenoxy) is 1. The summed E-state index contributed by atoms with van der Waals surface area (Å²) in [6, 6.07) is 8.28. The fourth-order valence-electron chi connectivity index (χ4n) is 3.15. The Morgan fingerprint density at radius 3 is 2.86 bits per heavy atom. The highest BCUT2D eigenvalue weighted by atomic mass is 16.5. The van der Waals surface area contributed by atoms with Crippen LogP contribution in [0.4, 0.5) is 0 Å². The van der Waals surface area contributed by atoms with Crippen molar-refractivity contribution in [3.63, 3.8) is 0 Å². The van der Waals surface area contributed by atoms with Crippen molar-refractivity contribution in [2.75, 3.05) is 13.7 Å². The summed E-state index contributed by atoms with van der Waals surface area (Å²) < 4.78 is 7.72. The molecule has 0 fully saturated rings. The Hall–Kier alpha value is -1.85. The molecule has 2 unspecified atom stereocenters. The number of hydrogen-bond acceptors (Lipinski definition) is 4. The Kier molecular flexibility index (Phi) is 3.94. The molecule has 0 saturated heterocycles. The monoisotopic (exact) mass is 286 g/mol. The number of nitrogens with zero attached hydrogens (tertiary/aromatic N) is 3. The van der Waals surface area contributed by atoms with Gasteiger partial charge in [-0.05, 0) is 13.0 Å². The quantitative estimate of drug-likeness (QED) is 0.931. The van der Waals surface area contributed by atoms with E-state index in [1.165, 1.54) is 0 Å². The lowest BCUT2D eigenvalue weighted by atomic mass is 9.97. The van der Waals surface area contributed by atoms with Gasteiger partial charge in [-0.2, -0.15) is 0 Å². The molecule has 0 spiro atoms. The van der Waals surface area contributed by atoms with Crippen LogP contribution in [0.15, 0.2) is 36.7 Å². The Balaban J connectivity index is 1.92. The molecule has 3 rings (SSSR count). The molecule has 5 nitrogen and oxygen atoms in total. The number of methoxy groups -OCH3 is 1. The van der Waals surface area contributed by atoms with Gasteiger partial charge in [0.15, 0.2) is 0 Å². The second-order valence-corrected chi connectivity index (χ2v) is 5.55. The molecule has 21 heavy (non-hydrogen) atoms. The van der Waals surface area contributed by atoms with Crippen molar-refractivity contribution in [3.05, 3.63) is 48.0 Å². The van der Waals surface area contributed by atoms with E-state index in [0.717, 1.165) is 36.8 Å². The van der Waals surface area contributed by atoms with Gasteiger partial charge in [0, 0.05) is 37.1 Å². The number of aromatic nitrogens is 2. The fourth-order valence-corrected chi connectivity index (χ4v) is 3.15. The van der Waals surface area contributed by atoms with Crippen LogP contribution in [0, 0.1) is 0 Å². The zero-order valence-corrected chi connectivity index (χ0v) is 12.6. The van der Waals surface area contributed by atoms with Crippen molar-refractivity contribution in [3.8, 4) is 5.75 Å². The number of para-hydroxylation sites is 1. The van der Waals surface area contributed by atoms with E-state index in [4.69, 9.17) is 10.5 Å². The summed E-state index contributed by atoms with van der Waals surface area (Å²) >= 11 is 0. The van der Waals surface area contributed by atoms with Gasteiger partial charge in [0.25, 0.3) is 0 Å². The molecule has 0 saturated carbocycles. The maximum absolute atomic E-state index is 6.29. The summed E-state index contributed by atoms with van der Waals surface area (Å²) in [6.07, 6.45) is 3.90. The Morgan fingerprint density at radius 2 is 2.10 bits per heavy atom. The number of rotatable bonds is 4. The van der Waals surface area contributed by atoms with Crippen LogP contribution in [-0.4, -0.2) is 34.1 Å². The molecule has 2 aromatic rings. The number of nitrogens with two attached hydrogens (primary N) is 1. The van der Waals surface area contributed by atoms with Crippen LogP contribution in [-0.2, 0) is 13.1 Å². The second kappa shape index (κ2) is 5.87. The summed E-state index contributed by atoms with van der Waals surface area (Å²) in [4.78, 5) is 6.83. The highest BCUT2D eigenvalue weighted by Gasteiger charge is 2.29. The van der Waals surface area contributed by atoms with Crippen molar-refractivity contribution >= 4 is 0 Å². The molecule has 1 aromatic carbocycles. The van der Waals surface area contributed by atoms with Gasteiger partial charge in [0.05, 0.1) is 19.7 Å². The van der Waals surface area contributed by atoms with E-state index in [2.05, 4.69) is 27.4 Å². The molecule has 2 heterocycles. The summed E-state index contributed by atoms with van der Waals surface area (Å²) in [5, 5.41) is 0. The van der Waals surface area contributed by atoms with Gasteiger partial charge in [-0.1, -0.05) is 18.2 Å². The van der Waals surface area contributed by atoms with Gasteiger partial charge in [0.1, 0.15) is 11.6 Å². The standard InChI is InChI=1S/C16H22N4O/c1-12(17)16(13-5-3-4-6-14(13)21-2)20-10-9-19-8-7-18-15(19)11-20/h3-8,12,16H,9-11,17H2,1-2H3. The van der Waals surface area contributed by atoms with E-state index in [9.17, 15) is 0 Å². The topological polar surface area (TPSA) is 56.3 Å². The summed E-state index contributed by atoms with van der Waals surface area (Å²) in [7, 11) is 1.71. The van der Waals surface area contributed by atoms with Crippen LogP contribution in [0.1, 0.15) is 24.4 Å². The van der Waals surface area contributed by atoms with E-state index < -0.39 is 0 Å². The fraction of sp³-hybridized carbons (Fsp3) is 0.438. The first kappa shape index (κ1) is 14.1. The maximum atomic E-state index is 6.29. The average molecular weight is 286 g/mol. The van der Waals surface area contributed by atoms with E-state index in [1.54, 1.807) is 7.11 Å². The molecule has 2 N–H and O–H groups in total. The molecule has 0 aliphatic carbocycles. The first-order valence-electron chi connectivity index (χ1n) is 7.33. The SMILES string of the molecule is COc1ccccc1C(C(C)N)N1CCn2ccnc2C1. The van der Waals surface area contributed by atoms with E-state index >= 15 is 0 Å². The minimum atomic E-state index is 0.0165. The molecule has 5 heteroatoms. The van der Waals surface area contributed by atoms with Crippen molar-refractivity contribution in [2.45, 2.75) is 32.1 Å². The zero-order valence-electron chi connectivity index (χ0n) is 12.6. The highest BCUT2D eigenvalue weighted by molar-refractivity contribution is 5.36. The van der Waals surface area contributed by atoms with Crippen LogP contribution in [0.2, 0.25) is 0 Å². The summed E-state index contributed by atoms with van der Waals surface area (Å²) in [5.41, 5.74) is 7.44. The number of imidazole rings is 1. The molecule has 0 radical (unpaired) electrons. The third-order valence-electron chi connectivity index (χ3n) is 4.12. The van der Waals surface area contributed by atoms with Crippen LogP contribution in [0.25, 0.3) is 0 Å². The first-order chi connectivity index (χ1) is 10.2. The largest absolute Gasteiger partial charge is 0.496 e. The Morgan fingerprint density at radius 1 is 1.29 bits per heavy atom. The van der Waals surface area contributed by atoms with Gasteiger partial charge in [0.2, 0.25) is 0 Å². The van der Waals surface area contributed by atoms with Crippen molar-refractivity contribution in [1.29, 1.82) is 0 Å². The van der Waals surface area contributed by atoms with Gasteiger partial charge in [-0.15, -0.1) is 0 Å². The molecular weight excluding hydrogens is 264 g/mol. The third-order valence-corrected chi connectivity index (χ3v) is 4.12. The second-order valence-electron chi connectivity index (χ2n) is 5.55. The Labute approximate surface area is 125 Å². The van der Waals surface area contributed by atoms with Gasteiger partial charge < -0.3 is 15.0 Å². The average Bonchev–Trinajstić information content (AvgIpc) is 2.95. The predicted octanol–water partition coefficient (Wildman–Crippen LogP) is 1.80. The smallest absolute Gasteiger partial charge is 0.123 e. The van der Waals surface area contributed by atoms with E-state index in [-0.39, 0.29) is 12.1 Å². The molecule has 0 bridgehead atoms. The van der Waals surface area contributed by atoms with E-state index in [0.29, 0.717) is 0 Å². The molecule has 0 amide bonds. The lowest BCUT2D eigenvalue weighted by molar-refractivity contribution is 0.133. The van der Waals surface area contributed by atoms with Gasteiger partial charge >= 0.3 is 0 Å². The highest BCUT2D eigenvalue weighted by Crippen LogP contribution is 2.33. The molecule has 2 atom stereocenters. The number of fused-ring (bicyclic) bond motifs is 1. The summed E-state index contributed by atoms with van der Waals surface area (Å²) in [6.45, 7) is 4.79. The third kappa shape index (κ3) is 2.66. The summed E-state index contributed by atoms with van der Waals surface area (Å²) in [5.74, 6) is 2.00. The first-order valence-corrected chi connectivity index (χ1v) is 7.33. The molecular formula is C16H22N4O. The Bertz CT molecular complexity index is 608. The predicted molar refractivity (Wildman–Crippen MR) is 82.0 cm³/mol. The van der Waals surface area contributed by atoms with Crippen molar-refractivity contribution < 1.29 is 4.74 Å². The number of hydrogen-bond donors (Lipinski definition) is 1. The van der Waals surface area contributed by atoms with Gasteiger partial charge in [-0.25, -0.2) is 4.98 Å². The van der Waals surface area contributed by atoms with Crippen LogP contribution >= 0.6 is 0 Å². The lowest BCUT2D eigenvalue weighted by Gasteiger charge is -2.37. The van der Waals surface area contributed by atoms with E-state index in [1.807, 2.05) is 30.6 Å². The van der Waals surface area contributed by atoms with Gasteiger partial charge in [-0.3, -0.25) is 4.90 Å². The molecule has 1 aliphatic heterocycles. The lowest BCUT2D eigenvalue weighted by Crippen LogP contribution is -2.43. The molecule has 112 valence electrons. The van der Waals surface area contributed by atoms with Crippen molar-refractivity contribution in [2.24, 2.45) is 5.73 Å². The maximum Gasteiger partial charge on any atom is 0.123 e. The minimum absolute atomic E-state index is 0.0165. The number of benzene rings is 1.